The van der Waals surface area contributed by atoms with E-state index in [0.717, 1.165) is 13.0 Å². The lowest BCUT2D eigenvalue weighted by Crippen LogP contribution is -2.58. The third-order valence-electron chi connectivity index (χ3n) is 3.75. The number of ether oxygens (including phenoxy) is 1. The average Bonchev–Trinajstić information content (AvgIpc) is 3.06. The number of aromatic nitrogens is 2. The molecule has 0 fully saturated rings. The van der Waals surface area contributed by atoms with Gasteiger partial charge in [-0.05, 0) is 25.5 Å². The first-order chi connectivity index (χ1) is 11.1. The van der Waals surface area contributed by atoms with Crippen LogP contribution in [0.15, 0.2) is 43.0 Å². The van der Waals surface area contributed by atoms with Gasteiger partial charge in [0.15, 0.2) is 0 Å². The van der Waals surface area contributed by atoms with E-state index >= 15 is 0 Å². The number of para-hydroxylation sites is 2. The van der Waals surface area contributed by atoms with Crippen LogP contribution in [0, 0.1) is 0 Å². The summed E-state index contributed by atoms with van der Waals surface area (Å²) in [5.74, 6) is -0.429. The second-order valence-electron chi connectivity index (χ2n) is 5.50. The Bertz CT molecular complexity index is 714. The van der Waals surface area contributed by atoms with Crippen LogP contribution in [0.5, 0.6) is 5.75 Å². The lowest BCUT2D eigenvalue weighted by Gasteiger charge is -2.33. The van der Waals surface area contributed by atoms with Crippen LogP contribution in [0.4, 0.5) is 5.69 Å². The third-order valence-corrected chi connectivity index (χ3v) is 3.75. The van der Waals surface area contributed by atoms with Gasteiger partial charge in [0.25, 0.3) is 17.4 Å². The second-order valence-corrected chi connectivity index (χ2v) is 5.50. The number of aryl methyl sites for hydroxylation is 1. The summed E-state index contributed by atoms with van der Waals surface area (Å²) in [7, 11) is 0. The Morgan fingerprint density at radius 2 is 2.26 bits per heavy atom. The van der Waals surface area contributed by atoms with Crippen LogP contribution in [0.2, 0.25) is 0 Å². The molecule has 3 rings (SSSR count). The van der Waals surface area contributed by atoms with Crippen molar-refractivity contribution in [3.63, 3.8) is 0 Å². The molecule has 0 aliphatic carbocycles. The molecule has 120 valence electrons. The smallest absolute Gasteiger partial charge is 0.278 e. The molecular formula is C16H18N4O3. The Morgan fingerprint density at radius 3 is 3.04 bits per heavy atom. The first-order valence-electron chi connectivity index (χ1n) is 7.43. The fraction of sp³-hybridized carbons (Fsp3) is 0.312. The summed E-state index contributed by atoms with van der Waals surface area (Å²) in [6.07, 6.45) is 6.02. The van der Waals surface area contributed by atoms with Gasteiger partial charge in [0.2, 0.25) is 0 Å². The molecule has 0 radical (unpaired) electrons. The summed E-state index contributed by atoms with van der Waals surface area (Å²) in [4.78, 5) is 28.6. The molecule has 2 heterocycles. The number of anilines is 1. The Kier molecular flexibility index (Phi) is 4.01. The Morgan fingerprint density at radius 1 is 1.43 bits per heavy atom. The Labute approximate surface area is 133 Å². The van der Waals surface area contributed by atoms with E-state index in [0.29, 0.717) is 18.0 Å². The van der Waals surface area contributed by atoms with Gasteiger partial charge in [-0.25, -0.2) is 4.98 Å². The number of nitrogens with one attached hydrogen (secondary N) is 2. The molecule has 7 heteroatoms. The zero-order chi connectivity index (χ0) is 16.3. The van der Waals surface area contributed by atoms with Crippen LogP contribution < -0.4 is 15.4 Å². The number of amides is 2. The number of carbonyl (C=O) groups is 2. The molecule has 0 bridgehead atoms. The average molecular weight is 314 g/mol. The summed E-state index contributed by atoms with van der Waals surface area (Å²) >= 11 is 0. The van der Waals surface area contributed by atoms with Gasteiger partial charge in [-0.15, -0.1) is 0 Å². The SMILES string of the molecule is C[C@@]1(C(=O)NCCCn2ccnc2)Oc2ccccc2NC1=O. The molecule has 1 aliphatic heterocycles. The maximum absolute atomic E-state index is 12.4. The van der Waals surface area contributed by atoms with Crippen LogP contribution in [-0.2, 0) is 16.1 Å². The van der Waals surface area contributed by atoms with Crippen molar-refractivity contribution in [2.45, 2.75) is 25.5 Å². The number of hydrogen-bond acceptors (Lipinski definition) is 4. The van der Waals surface area contributed by atoms with Crippen LogP contribution in [-0.4, -0.2) is 33.5 Å². The van der Waals surface area contributed by atoms with Crippen molar-refractivity contribution < 1.29 is 14.3 Å². The Hall–Kier alpha value is -2.83. The van der Waals surface area contributed by atoms with Crippen molar-refractivity contribution >= 4 is 17.5 Å². The molecule has 1 aromatic heterocycles. The molecule has 1 atom stereocenters. The number of imidazole rings is 1. The maximum Gasteiger partial charge on any atom is 0.278 e. The van der Waals surface area contributed by atoms with Gasteiger partial charge in [-0.3, -0.25) is 9.59 Å². The molecule has 0 saturated carbocycles. The molecule has 23 heavy (non-hydrogen) atoms. The fourth-order valence-corrected chi connectivity index (χ4v) is 2.37. The highest BCUT2D eigenvalue weighted by atomic mass is 16.5. The van der Waals surface area contributed by atoms with Crippen LogP contribution >= 0.6 is 0 Å². The van der Waals surface area contributed by atoms with E-state index in [-0.39, 0.29) is 0 Å². The molecule has 2 aromatic rings. The monoisotopic (exact) mass is 314 g/mol. The van der Waals surface area contributed by atoms with Crippen molar-refractivity contribution in [2.24, 2.45) is 0 Å². The van der Waals surface area contributed by atoms with E-state index < -0.39 is 17.4 Å². The lowest BCUT2D eigenvalue weighted by molar-refractivity contribution is -0.146. The molecule has 0 unspecified atom stereocenters. The predicted octanol–water partition coefficient (Wildman–Crippen LogP) is 1.18. The van der Waals surface area contributed by atoms with Crippen molar-refractivity contribution in [2.75, 3.05) is 11.9 Å². The van der Waals surface area contributed by atoms with Crippen LogP contribution in [0.25, 0.3) is 0 Å². The van der Waals surface area contributed by atoms with Gasteiger partial charge in [0.05, 0.1) is 12.0 Å². The van der Waals surface area contributed by atoms with E-state index in [1.165, 1.54) is 6.92 Å². The summed E-state index contributed by atoms with van der Waals surface area (Å²) in [6.45, 7) is 2.67. The summed E-state index contributed by atoms with van der Waals surface area (Å²) in [6, 6.07) is 7.04. The number of fused-ring (bicyclic) bond motifs is 1. The predicted molar refractivity (Wildman–Crippen MR) is 84.0 cm³/mol. The van der Waals surface area contributed by atoms with Gasteiger partial charge in [-0.1, -0.05) is 12.1 Å². The number of carbonyl (C=O) groups excluding carboxylic acids is 2. The standard InChI is InChI=1S/C16H18N4O3/c1-16(14(21)18-7-4-9-20-10-8-17-11-20)15(22)19-12-5-2-3-6-13(12)23-16/h2-3,5-6,8,10-11H,4,7,9H2,1H3,(H,18,21)(H,19,22)/t16-/m0/s1. The molecule has 1 aromatic carbocycles. The summed E-state index contributed by atoms with van der Waals surface area (Å²) in [5, 5.41) is 5.47. The molecule has 2 amide bonds. The van der Waals surface area contributed by atoms with Gasteiger partial charge >= 0.3 is 0 Å². The quantitative estimate of drug-likeness (QED) is 0.641. The number of nitrogens with zero attached hydrogens (tertiary/aromatic N) is 2. The van der Waals surface area contributed by atoms with E-state index in [1.807, 2.05) is 10.8 Å². The highest BCUT2D eigenvalue weighted by molar-refractivity contribution is 6.15. The van der Waals surface area contributed by atoms with E-state index in [2.05, 4.69) is 15.6 Å². The van der Waals surface area contributed by atoms with Gasteiger partial charge in [0.1, 0.15) is 5.75 Å². The summed E-state index contributed by atoms with van der Waals surface area (Å²) < 4.78 is 7.58. The maximum atomic E-state index is 12.4. The van der Waals surface area contributed by atoms with E-state index in [1.54, 1.807) is 36.8 Å². The minimum absolute atomic E-state index is 0.449. The largest absolute Gasteiger partial charge is 0.466 e. The molecule has 0 spiro atoms. The normalized spacial score (nSPS) is 19.4. The van der Waals surface area contributed by atoms with Gasteiger partial charge in [-0.2, -0.15) is 0 Å². The van der Waals surface area contributed by atoms with Crippen molar-refractivity contribution in [3.05, 3.63) is 43.0 Å². The molecule has 0 saturated heterocycles. The zero-order valence-corrected chi connectivity index (χ0v) is 12.8. The second kappa shape index (κ2) is 6.12. The Balaban J connectivity index is 1.59. The minimum atomic E-state index is -1.57. The fourth-order valence-electron chi connectivity index (χ4n) is 2.37. The number of hydrogen-bond donors (Lipinski definition) is 2. The first-order valence-corrected chi connectivity index (χ1v) is 7.43. The number of rotatable bonds is 5. The van der Waals surface area contributed by atoms with Crippen molar-refractivity contribution in [3.8, 4) is 5.75 Å². The highest BCUT2D eigenvalue weighted by Gasteiger charge is 2.46. The third kappa shape index (κ3) is 3.03. The summed E-state index contributed by atoms with van der Waals surface area (Å²) in [5.41, 5.74) is -0.994. The van der Waals surface area contributed by atoms with Crippen molar-refractivity contribution in [1.29, 1.82) is 0 Å². The van der Waals surface area contributed by atoms with E-state index in [9.17, 15) is 9.59 Å². The number of benzene rings is 1. The molecule has 7 nitrogen and oxygen atoms in total. The molecular weight excluding hydrogens is 296 g/mol. The highest BCUT2D eigenvalue weighted by Crippen LogP contribution is 2.33. The van der Waals surface area contributed by atoms with Crippen LogP contribution in [0.1, 0.15) is 13.3 Å². The zero-order valence-electron chi connectivity index (χ0n) is 12.8. The van der Waals surface area contributed by atoms with Gasteiger partial charge in [0, 0.05) is 25.5 Å². The van der Waals surface area contributed by atoms with Crippen molar-refractivity contribution in [1.82, 2.24) is 14.9 Å². The first kappa shape index (κ1) is 15.1. The topological polar surface area (TPSA) is 85.2 Å². The van der Waals surface area contributed by atoms with Gasteiger partial charge < -0.3 is 19.9 Å². The minimum Gasteiger partial charge on any atom is -0.466 e. The van der Waals surface area contributed by atoms with E-state index in [4.69, 9.17) is 4.74 Å². The van der Waals surface area contributed by atoms with Crippen LogP contribution in [0.3, 0.4) is 0 Å². The lowest BCUT2D eigenvalue weighted by atomic mass is 10.0. The molecule has 2 N–H and O–H groups in total. The molecule has 1 aliphatic rings.